The van der Waals surface area contributed by atoms with Crippen LogP contribution in [0.4, 0.5) is 5.69 Å². The van der Waals surface area contributed by atoms with Gasteiger partial charge in [-0.2, -0.15) is 0 Å². The minimum Gasteiger partial charge on any atom is -0.360 e. The van der Waals surface area contributed by atoms with Gasteiger partial charge >= 0.3 is 0 Å². The summed E-state index contributed by atoms with van der Waals surface area (Å²) < 4.78 is 5.45. The van der Waals surface area contributed by atoms with Gasteiger partial charge in [-0.3, -0.25) is 4.79 Å². The van der Waals surface area contributed by atoms with Crippen molar-refractivity contribution >= 4 is 34.8 Å². The second-order valence-electron chi connectivity index (χ2n) is 5.69. The first kappa shape index (κ1) is 18.5. The molecule has 0 saturated heterocycles. The highest BCUT2D eigenvalue weighted by Gasteiger charge is 2.28. The second-order valence-corrected chi connectivity index (χ2v) is 6.53. The molecule has 3 aromatic rings. The maximum atomic E-state index is 13.4. The third-order valence-corrected chi connectivity index (χ3v) is 4.71. The summed E-state index contributed by atoms with van der Waals surface area (Å²) in [5.41, 5.74) is 2.34. The first-order valence-electron chi connectivity index (χ1n) is 8.37. The first-order valence-corrected chi connectivity index (χ1v) is 9.13. The SMILES string of the molecule is CCc1onc(-c2ccccc2Cl)c1C(=O)N(CC)c1ccc(Cl)cc1. The molecule has 4 nitrogen and oxygen atoms in total. The molecule has 0 aliphatic heterocycles. The van der Waals surface area contributed by atoms with Crippen LogP contribution >= 0.6 is 23.2 Å². The van der Waals surface area contributed by atoms with Crippen LogP contribution < -0.4 is 4.90 Å². The fourth-order valence-corrected chi connectivity index (χ4v) is 3.17. The van der Waals surface area contributed by atoms with Gasteiger partial charge in [0, 0.05) is 29.2 Å². The largest absolute Gasteiger partial charge is 0.360 e. The van der Waals surface area contributed by atoms with E-state index in [4.69, 9.17) is 27.7 Å². The van der Waals surface area contributed by atoms with Crippen molar-refractivity contribution in [3.8, 4) is 11.3 Å². The van der Waals surface area contributed by atoms with E-state index in [0.717, 1.165) is 5.69 Å². The molecule has 6 heteroatoms. The zero-order valence-corrected chi connectivity index (χ0v) is 16.0. The number of anilines is 1. The van der Waals surface area contributed by atoms with Gasteiger partial charge in [0.05, 0.1) is 5.02 Å². The van der Waals surface area contributed by atoms with E-state index >= 15 is 0 Å². The monoisotopic (exact) mass is 388 g/mol. The van der Waals surface area contributed by atoms with Gasteiger partial charge in [0.25, 0.3) is 5.91 Å². The lowest BCUT2D eigenvalue weighted by Gasteiger charge is -2.21. The summed E-state index contributed by atoms with van der Waals surface area (Å²) in [4.78, 5) is 15.0. The van der Waals surface area contributed by atoms with Crippen molar-refractivity contribution in [1.29, 1.82) is 0 Å². The molecule has 26 heavy (non-hydrogen) atoms. The lowest BCUT2D eigenvalue weighted by molar-refractivity contribution is 0.0987. The number of aryl methyl sites for hydroxylation is 1. The molecular weight excluding hydrogens is 371 g/mol. The van der Waals surface area contributed by atoms with E-state index in [1.165, 1.54) is 0 Å². The zero-order chi connectivity index (χ0) is 18.7. The van der Waals surface area contributed by atoms with Crippen LogP contribution in [-0.2, 0) is 6.42 Å². The summed E-state index contributed by atoms with van der Waals surface area (Å²) in [6.45, 7) is 4.34. The van der Waals surface area contributed by atoms with Gasteiger partial charge in [0.1, 0.15) is 17.0 Å². The third kappa shape index (κ3) is 3.48. The number of hydrogen-bond acceptors (Lipinski definition) is 3. The second kappa shape index (κ2) is 7.94. The maximum absolute atomic E-state index is 13.4. The van der Waals surface area contributed by atoms with E-state index in [-0.39, 0.29) is 5.91 Å². The Kier molecular flexibility index (Phi) is 5.64. The predicted molar refractivity (Wildman–Crippen MR) is 105 cm³/mol. The molecule has 0 N–H and O–H groups in total. The Morgan fingerprint density at radius 3 is 2.38 bits per heavy atom. The Labute approximate surface area is 162 Å². The number of hydrogen-bond donors (Lipinski definition) is 0. The summed E-state index contributed by atoms with van der Waals surface area (Å²) in [5, 5.41) is 5.27. The minimum atomic E-state index is -0.178. The normalized spacial score (nSPS) is 10.8. The molecule has 3 rings (SSSR count). The van der Waals surface area contributed by atoms with Crippen LogP contribution in [0.3, 0.4) is 0 Å². The lowest BCUT2D eigenvalue weighted by atomic mass is 10.0. The van der Waals surface area contributed by atoms with Crippen molar-refractivity contribution in [2.75, 3.05) is 11.4 Å². The van der Waals surface area contributed by atoms with Crippen molar-refractivity contribution in [2.24, 2.45) is 0 Å². The molecule has 0 spiro atoms. The number of amides is 1. The Bertz CT molecular complexity index is 920. The topological polar surface area (TPSA) is 46.3 Å². The van der Waals surface area contributed by atoms with E-state index in [2.05, 4.69) is 5.16 Å². The smallest absolute Gasteiger partial charge is 0.264 e. The van der Waals surface area contributed by atoms with Crippen molar-refractivity contribution < 1.29 is 9.32 Å². The fourth-order valence-electron chi connectivity index (χ4n) is 2.82. The maximum Gasteiger partial charge on any atom is 0.264 e. The van der Waals surface area contributed by atoms with Crippen LogP contribution in [0.2, 0.25) is 10.0 Å². The van der Waals surface area contributed by atoms with E-state index in [0.29, 0.717) is 45.6 Å². The molecule has 1 aromatic heterocycles. The molecule has 0 radical (unpaired) electrons. The summed E-state index contributed by atoms with van der Waals surface area (Å²) in [5.74, 6) is 0.361. The molecule has 2 aromatic carbocycles. The molecule has 134 valence electrons. The molecule has 0 fully saturated rings. The van der Waals surface area contributed by atoms with Gasteiger partial charge < -0.3 is 9.42 Å². The highest BCUT2D eigenvalue weighted by Crippen LogP contribution is 2.33. The Hall–Kier alpha value is -2.30. The van der Waals surface area contributed by atoms with Crippen LogP contribution in [0.15, 0.2) is 53.1 Å². The van der Waals surface area contributed by atoms with Crippen LogP contribution in [0.25, 0.3) is 11.3 Å². The van der Waals surface area contributed by atoms with E-state index in [9.17, 15) is 4.79 Å². The van der Waals surface area contributed by atoms with Gasteiger partial charge in [-0.1, -0.05) is 53.5 Å². The number of carbonyl (C=O) groups is 1. The summed E-state index contributed by atoms with van der Waals surface area (Å²) in [6, 6.07) is 14.4. The third-order valence-electron chi connectivity index (χ3n) is 4.13. The van der Waals surface area contributed by atoms with Gasteiger partial charge in [-0.25, -0.2) is 0 Å². The van der Waals surface area contributed by atoms with E-state index in [1.807, 2.05) is 44.2 Å². The van der Waals surface area contributed by atoms with Gasteiger partial charge in [0.15, 0.2) is 0 Å². The molecule has 0 unspecified atom stereocenters. The zero-order valence-electron chi connectivity index (χ0n) is 14.5. The highest BCUT2D eigenvalue weighted by molar-refractivity contribution is 6.33. The van der Waals surface area contributed by atoms with Crippen molar-refractivity contribution in [1.82, 2.24) is 5.16 Å². The number of aromatic nitrogens is 1. The number of rotatable bonds is 5. The molecule has 0 aliphatic carbocycles. The van der Waals surface area contributed by atoms with Gasteiger partial charge in [-0.15, -0.1) is 0 Å². The molecule has 0 bridgehead atoms. The van der Waals surface area contributed by atoms with Crippen LogP contribution in [0.5, 0.6) is 0 Å². The van der Waals surface area contributed by atoms with Gasteiger partial charge in [-0.05, 0) is 37.3 Å². The van der Waals surface area contributed by atoms with Crippen molar-refractivity contribution in [3.63, 3.8) is 0 Å². The Morgan fingerprint density at radius 2 is 1.77 bits per heavy atom. The fraction of sp³-hybridized carbons (Fsp3) is 0.200. The van der Waals surface area contributed by atoms with Crippen molar-refractivity contribution in [3.05, 3.63) is 69.9 Å². The van der Waals surface area contributed by atoms with Crippen LogP contribution in [-0.4, -0.2) is 17.6 Å². The number of nitrogens with zero attached hydrogens (tertiary/aromatic N) is 2. The standard InChI is InChI=1S/C20H18Cl2N2O2/c1-3-17-18(19(23-26-17)15-7-5-6-8-16(15)22)20(25)24(4-2)14-11-9-13(21)10-12-14/h5-12H,3-4H2,1-2H3. The number of carbonyl (C=O) groups excluding carboxylic acids is 1. The van der Waals surface area contributed by atoms with Gasteiger partial charge in [0.2, 0.25) is 0 Å². The summed E-state index contributed by atoms with van der Waals surface area (Å²) in [7, 11) is 0. The molecule has 0 aliphatic rings. The number of benzene rings is 2. The lowest BCUT2D eigenvalue weighted by Crippen LogP contribution is -2.31. The van der Waals surface area contributed by atoms with E-state index in [1.54, 1.807) is 23.1 Å². The summed E-state index contributed by atoms with van der Waals surface area (Å²) >= 11 is 12.3. The molecule has 0 saturated carbocycles. The molecule has 1 heterocycles. The molecular formula is C20H18Cl2N2O2. The van der Waals surface area contributed by atoms with Crippen LogP contribution in [0.1, 0.15) is 30.0 Å². The summed E-state index contributed by atoms with van der Waals surface area (Å²) in [6.07, 6.45) is 0.552. The minimum absolute atomic E-state index is 0.178. The highest BCUT2D eigenvalue weighted by atomic mass is 35.5. The van der Waals surface area contributed by atoms with Crippen molar-refractivity contribution in [2.45, 2.75) is 20.3 Å². The first-order chi connectivity index (χ1) is 12.6. The van der Waals surface area contributed by atoms with Crippen LogP contribution in [0, 0.1) is 0 Å². The number of halogens is 2. The van der Waals surface area contributed by atoms with E-state index < -0.39 is 0 Å². The average molecular weight is 389 g/mol. The molecule has 0 atom stereocenters. The molecule has 1 amide bonds. The Morgan fingerprint density at radius 1 is 1.08 bits per heavy atom. The Balaban J connectivity index is 2.10. The quantitative estimate of drug-likeness (QED) is 0.548. The average Bonchev–Trinajstić information content (AvgIpc) is 3.08. The predicted octanol–water partition coefficient (Wildman–Crippen LogP) is 5.88.